The van der Waals surface area contributed by atoms with Gasteiger partial charge in [-0.25, -0.2) is 13.1 Å². The lowest BCUT2D eigenvalue weighted by Gasteiger charge is -2.20. The third-order valence-electron chi connectivity index (χ3n) is 4.87. The van der Waals surface area contributed by atoms with Gasteiger partial charge in [0.15, 0.2) is 11.5 Å². The van der Waals surface area contributed by atoms with Crippen molar-refractivity contribution in [1.82, 2.24) is 4.72 Å². The molecule has 0 fully saturated rings. The lowest BCUT2D eigenvalue weighted by Crippen LogP contribution is -2.27. The van der Waals surface area contributed by atoms with Crippen LogP contribution in [-0.4, -0.2) is 22.6 Å². The number of benzene rings is 2. The Labute approximate surface area is 155 Å². The molecule has 1 aliphatic rings. The lowest BCUT2D eigenvalue weighted by atomic mass is 9.89. The molecule has 2 aromatic carbocycles. The highest BCUT2D eigenvalue weighted by Crippen LogP contribution is 2.30. The SMILES string of the molecule is COc1ccc(S(=O)(=O)N[C@H](C)c2ccc3c(c2)CCCC3)cc1OC. The molecule has 0 unspecified atom stereocenters. The summed E-state index contributed by atoms with van der Waals surface area (Å²) in [6, 6.07) is 10.6. The van der Waals surface area contributed by atoms with E-state index in [2.05, 4.69) is 16.9 Å². The number of fused-ring (bicyclic) bond motifs is 1. The Bertz CT molecular complexity index is 893. The van der Waals surface area contributed by atoms with Gasteiger partial charge in [-0.2, -0.15) is 0 Å². The van der Waals surface area contributed by atoms with Crippen LogP contribution in [0.1, 0.15) is 42.5 Å². The van der Waals surface area contributed by atoms with Crippen molar-refractivity contribution in [2.24, 2.45) is 0 Å². The van der Waals surface area contributed by atoms with E-state index in [1.165, 1.54) is 50.3 Å². The van der Waals surface area contributed by atoms with E-state index in [1.54, 1.807) is 6.07 Å². The summed E-state index contributed by atoms with van der Waals surface area (Å²) >= 11 is 0. The number of aryl methyl sites for hydroxylation is 2. The van der Waals surface area contributed by atoms with Crippen LogP contribution in [0.25, 0.3) is 0 Å². The molecule has 1 aliphatic carbocycles. The number of ether oxygens (including phenoxy) is 2. The Balaban J connectivity index is 1.83. The molecule has 0 saturated heterocycles. The quantitative estimate of drug-likeness (QED) is 0.837. The molecule has 1 atom stereocenters. The van der Waals surface area contributed by atoms with E-state index in [1.807, 2.05) is 13.0 Å². The summed E-state index contributed by atoms with van der Waals surface area (Å²) in [5.41, 5.74) is 3.70. The molecule has 1 N–H and O–H groups in total. The van der Waals surface area contributed by atoms with Gasteiger partial charge in [-0.1, -0.05) is 18.2 Å². The minimum absolute atomic E-state index is 0.153. The average Bonchev–Trinajstić information content (AvgIpc) is 2.66. The zero-order chi connectivity index (χ0) is 18.7. The Morgan fingerprint density at radius 3 is 2.31 bits per heavy atom. The van der Waals surface area contributed by atoms with E-state index in [-0.39, 0.29) is 10.9 Å². The van der Waals surface area contributed by atoms with Crippen LogP contribution in [0.3, 0.4) is 0 Å². The fraction of sp³-hybridized carbons (Fsp3) is 0.400. The molecule has 0 spiro atoms. The van der Waals surface area contributed by atoms with Crippen molar-refractivity contribution in [1.29, 1.82) is 0 Å². The van der Waals surface area contributed by atoms with Gasteiger partial charge in [-0.3, -0.25) is 0 Å². The normalized spacial score (nSPS) is 15.2. The monoisotopic (exact) mass is 375 g/mol. The van der Waals surface area contributed by atoms with Crippen molar-refractivity contribution in [3.8, 4) is 11.5 Å². The summed E-state index contributed by atoms with van der Waals surface area (Å²) in [7, 11) is -0.672. The Morgan fingerprint density at radius 2 is 1.62 bits per heavy atom. The summed E-state index contributed by atoms with van der Waals surface area (Å²) in [4.78, 5) is 0.153. The zero-order valence-electron chi connectivity index (χ0n) is 15.4. The molecule has 0 aliphatic heterocycles. The molecule has 3 rings (SSSR count). The molecule has 0 aromatic heterocycles. The predicted octanol–water partition coefficient (Wildman–Crippen LogP) is 3.62. The molecule has 140 valence electrons. The van der Waals surface area contributed by atoms with Gasteiger partial charge in [0.05, 0.1) is 19.1 Å². The van der Waals surface area contributed by atoms with E-state index < -0.39 is 10.0 Å². The first-order valence-corrected chi connectivity index (χ1v) is 10.3. The lowest BCUT2D eigenvalue weighted by molar-refractivity contribution is 0.354. The molecule has 0 heterocycles. The number of rotatable bonds is 6. The highest BCUT2D eigenvalue weighted by molar-refractivity contribution is 7.89. The number of hydrogen-bond acceptors (Lipinski definition) is 4. The maximum absolute atomic E-state index is 12.8. The van der Waals surface area contributed by atoms with Gasteiger partial charge in [0.1, 0.15) is 0 Å². The van der Waals surface area contributed by atoms with Crippen LogP contribution in [0.2, 0.25) is 0 Å². The van der Waals surface area contributed by atoms with Gasteiger partial charge >= 0.3 is 0 Å². The molecule has 26 heavy (non-hydrogen) atoms. The number of hydrogen-bond donors (Lipinski definition) is 1. The third kappa shape index (κ3) is 3.86. The molecule has 6 heteroatoms. The second-order valence-corrected chi connectivity index (χ2v) is 8.31. The largest absolute Gasteiger partial charge is 0.493 e. The maximum Gasteiger partial charge on any atom is 0.241 e. The fourth-order valence-corrected chi connectivity index (χ4v) is 4.62. The van der Waals surface area contributed by atoms with Crippen LogP contribution >= 0.6 is 0 Å². The summed E-state index contributed by atoms with van der Waals surface area (Å²) < 4.78 is 38.7. The van der Waals surface area contributed by atoms with Gasteiger partial charge in [-0.05, 0) is 61.4 Å². The van der Waals surface area contributed by atoms with Crippen LogP contribution in [-0.2, 0) is 22.9 Å². The van der Waals surface area contributed by atoms with Crippen LogP contribution in [0.5, 0.6) is 11.5 Å². The summed E-state index contributed by atoms with van der Waals surface area (Å²) in [5.74, 6) is 0.881. The molecular formula is C20H25NO4S. The summed E-state index contributed by atoms with van der Waals surface area (Å²) in [6.45, 7) is 1.86. The van der Waals surface area contributed by atoms with Crippen LogP contribution in [0.4, 0.5) is 0 Å². The van der Waals surface area contributed by atoms with Crippen LogP contribution in [0.15, 0.2) is 41.3 Å². The van der Waals surface area contributed by atoms with Gasteiger partial charge in [0.2, 0.25) is 10.0 Å². The zero-order valence-corrected chi connectivity index (χ0v) is 16.2. The third-order valence-corrected chi connectivity index (χ3v) is 6.41. The number of nitrogens with one attached hydrogen (secondary N) is 1. The Kier molecular flexibility index (Phi) is 5.53. The maximum atomic E-state index is 12.8. The van der Waals surface area contributed by atoms with Crippen molar-refractivity contribution < 1.29 is 17.9 Å². The van der Waals surface area contributed by atoms with Gasteiger partial charge in [0.25, 0.3) is 0 Å². The molecule has 0 amide bonds. The summed E-state index contributed by atoms with van der Waals surface area (Å²) in [5, 5.41) is 0. The second-order valence-electron chi connectivity index (χ2n) is 6.60. The predicted molar refractivity (Wildman–Crippen MR) is 101 cm³/mol. The Hall–Kier alpha value is -2.05. The molecule has 0 radical (unpaired) electrons. The first-order chi connectivity index (χ1) is 12.4. The first-order valence-electron chi connectivity index (χ1n) is 8.80. The standard InChI is InChI=1S/C20H25NO4S/c1-14(16-9-8-15-6-4-5-7-17(15)12-16)21-26(22,23)18-10-11-19(24-2)20(13-18)25-3/h8-14,21H,4-7H2,1-3H3/t14-/m1/s1. The van der Waals surface area contributed by atoms with Gasteiger partial charge in [-0.15, -0.1) is 0 Å². The molecule has 0 saturated carbocycles. The minimum atomic E-state index is -3.67. The number of sulfonamides is 1. The minimum Gasteiger partial charge on any atom is -0.493 e. The van der Waals surface area contributed by atoms with Gasteiger partial charge < -0.3 is 9.47 Å². The first kappa shape index (κ1) is 18.7. The number of methoxy groups -OCH3 is 2. The van der Waals surface area contributed by atoms with Crippen molar-refractivity contribution in [2.45, 2.75) is 43.5 Å². The van der Waals surface area contributed by atoms with E-state index >= 15 is 0 Å². The molecule has 2 aromatic rings. The van der Waals surface area contributed by atoms with E-state index in [0.29, 0.717) is 11.5 Å². The fourth-order valence-electron chi connectivity index (χ4n) is 3.38. The smallest absolute Gasteiger partial charge is 0.241 e. The molecule has 5 nitrogen and oxygen atoms in total. The van der Waals surface area contributed by atoms with Crippen molar-refractivity contribution >= 4 is 10.0 Å². The average molecular weight is 375 g/mol. The second kappa shape index (κ2) is 7.68. The van der Waals surface area contributed by atoms with Crippen LogP contribution in [0, 0.1) is 0 Å². The van der Waals surface area contributed by atoms with Crippen molar-refractivity contribution in [2.75, 3.05) is 14.2 Å². The van der Waals surface area contributed by atoms with Crippen LogP contribution < -0.4 is 14.2 Å². The topological polar surface area (TPSA) is 64.6 Å². The highest BCUT2D eigenvalue weighted by atomic mass is 32.2. The van der Waals surface area contributed by atoms with Gasteiger partial charge in [0, 0.05) is 12.1 Å². The van der Waals surface area contributed by atoms with E-state index in [4.69, 9.17) is 9.47 Å². The van der Waals surface area contributed by atoms with E-state index in [9.17, 15) is 8.42 Å². The Morgan fingerprint density at radius 1 is 0.923 bits per heavy atom. The molecular weight excluding hydrogens is 350 g/mol. The summed E-state index contributed by atoms with van der Waals surface area (Å²) in [6.07, 6.45) is 4.61. The van der Waals surface area contributed by atoms with Crippen molar-refractivity contribution in [3.63, 3.8) is 0 Å². The highest BCUT2D eigenvalue weighted by Gasteiger charge is 2.21. The van der Waals surface area contributed by atoms with E-state index in [0.717, 1.165) is 18.4 Å². The van der Waals surface area contributed by atoms with Crippen molar-refractivity contribution in [3.05, 3.63) is 53.1 Å². The molecule has 0 bridgehead atoms.